The van der Waals surface area contributed by atoms with E-state index in [1.165, 1.54) is 24.3 Å². The molecular weight excluding hydrogens is 514 g/mol. The van der Waals surface area contributed by atoms with Gasteiger partial charge < -0.3 is 15.0 Å². The number of fused-ring (bicyclic) bond motifs is 1. The number of anilines is 1. The molecule has 3 N–H and O–H groups in total. The summed E-state index contributed by atoms with van der Waals surface area (Å²) in [6.45, 7) is 2.04. The molecule has 192 valence electrons. The predicted molar refractivity (Wildman–Crippen MR) is 143 cm³/mol. The van der Waals surface area contributed by atoms with Crippen LogP contribution in [0.25, 0.3) is 10.9 Å². The van der Waals surface area contributed by atoms with Gasteiger partial charge in [0.05, 0.1) is 17.9 Å². The second-order valence-corrected chi connectivity index (χ2v) is 10.5. The van der Waals surface area contributed by atoms with Gasteiger partial charge in [-0.2, -0.15) is 4.72 Å². The van der Waals surface area contributed by atoms with E-state index in [0.717, 1.165) is 22.0 Å². The number of aromatic nitrogens is 1. The van der Waals surface area contributed by atoms with Gasteiger partial charge in [-0.3, -0.25) is 9.59 Å². The van der Waals surface area contributed by atoms with Crippen molar-refractivity contribution >= 4 is 50.1 Å². The SMILES string of the molecule is CCOC(=O)Cc1ccc(NC(=O)C(Cc2c[nH]c3ccccc23)NS(=O)(=O)c2ccc(Cl)cc2)cc1. The Labute approximate surface area is 220 Å². The maximum atomic E-state index is 13.3. The van der Waals surface area contributed by atoms with Gasteiger partial charge in [0.15, 0.2) is 0 Å². The van der Waals surface area contributed by atoms with Gasteiger partial charge in [-0.1, -0.05) is 41.9 Å². The van der Waals surface area contributed by atoms with E-state index >= 15 is 0 Å². The van der Waals surface area contributed by atoms with E-state index in [-0.39, 0.29) is 23.7 Å². The number of carbonyl (C=O) groups is 2. The number of ether oxygens (including phenoxy) is 1. The summed E-state index contributed by atoms with van der Waals surface area (Å²) in [5.41, 5.74) is 2.87. The van der Waals surface area contributed by atoms with E-state index in [1.807, 2.05) is 24.3 Å². The fourth-order valence-corrected chi connectivity index (χ4v) is 5.21. The lowest BCUT2D eigenvalue weighted by Gasteiger charge is -2.19. The van der Waals surface area contributed by atoms with Crippen LogP contribution >= 0.6 is 11.6 Å². The summed E-state index contributed by atoms with van der Waals surface area (Å²) in [7, 11) is -4.03. The third-order valence-electron chi connectivity index (χ3n) is 5.71. The molecule has 0 bridgehead atoms. The first-order valence-corrected chi connectivity index (χ1v) is 13.5. The number of halogens is 1. The van der Waals surface area contributed by atoms with Crippen LogP contribution in [0.15, 0.2) is 83.9 Å². The second kappa shape index (κ2) is 11.6. The van der Waals surface area contributed by atoms with Crippen LogP contribution in [0.5, 0.6) is 0 Å². The fourth-order valence-electron chi connectivity index (χ4n) is 3.89. The monoisotopic (exact) mass is 539 g/mol. The summed E-state index contributed by atoms with van der Waals surface area (Å²) in [6, 6.07) is 18.9. The summed E-state index contributed by atoms with van der Waals surface area (Å²) in [5.74, 6) is -0.865. The molecule has 0 spiro atoms. The van der Waals surface area contributed by atoms with Crippen LogP contribution in [0.4, 0.5) is 5.69 Å². The number of aromatic amines is 1. The zero-order valence-corrected chi connectivity index (χ0v) is 21.6. The topological polar surface area (TPSA) is 117 Å². The van der Waals surface area contributed by atoms with Crippen LogP contribution < -0.4 is 10.0 Å². The standard InChI is InChI=1S/C27H26ClN3O5S/c1-2-36-26(32)15-18-7-11-21(12-8-18)30-27(33)25(16-19-17-29-24-6-4-3-5-23(19)24)31-37(34,35)22-13-9-20(28)10-14-22/h3-14,17,25,29,31H,2,15-16H2,1H3,(H,30,33). The highest BCUT2D eigenvalue weighted by atomic mass is 35.5. The van der Waals surface area contributed by atoms with Crippen LogP contribution in [0.1, 0.15) is 18.1 Å². The Bertz CT molecular complexity index is 1500. The predicted octanol–water partition coefficient (Wildman–Crippen LogP) is 4.46. The van der Waals surface area contributed by atoms with Gasteiger partial charge in [-0.05, 0) is 66.9 Å². The number of carbonyl (C=O) groups excluding carboxylic acids is 2. The van der Waals surface area contributed by atoms with Crippen molar-refractivity contribution in [3.63, 3.8) is 0 Å². The molecule has 1 amide bonds. The second-order valence-electron chi connectivity index (χ2n) is 8.36. The van der Waals surface area contributed by atoms with Gasteiger partial charge in [-0.15, -0.1) is 0 Å². The number of amides is 1. The van der Waals surface area contributed by atoms with E-state index in [4.69, 9.17) is 16.3 Å². The molecule has 0 saturated heterocycles. The molecule has 4 rings (SSSR count). The molecule has 0 aliphatic carbocycles. The highest BCUT2D eigenvalue weighted by Crippen LogP contribution is 2.21. The molecule has 8 nitrogen and oxygen atoms in total. The Balaban J connectivity index is 1.56. The van der Waals surface area contributed by atoms with Gasteiger partial charge in [0.2, 0.25) is 15.9 Å². The van der Waals surface area contributed by atoms with E-state index in [9.17, 15) is 18.0 Å². The van der Waals surface area contributed by atoms with Crippen LogP contribution in [0, 0.1) is 0 Å². The molecule has 0 saturated carbocycles. The fraction of sp³-hybridized carbons (Fsp3) is 0.185. The summed E-state index contributed by atoms with van der Waals surface area (Å²) >= 11 is 5.90. The molecule has 0 fully saturated rings. The lowest BCUT2D eigenvalue weighted by atomic mass is 10.0. The first kappa shape index (κ1) is 26.4. The Morgan fingerprint density at radius 3 is 2.41 bits per heavy atom. The largest absolute Gasteiger partial charge is 0.466 e. The highest BCUT2D eigenvalue weighted by molar-refractivity contribution is 7.89. The zero-order valence-electron chi connectivity index (χ0n) is 20.0. The van der Waals surface area contributed by atoms with Crippen molar-refractivity contribution in [2.75, 3.05) is 11.9 Å². The molecular formula is C27H26ClN3O5S. The average molecular weight is 540 g/mol. The van der Waals surface area contributed by atoms with E-state index < -0.39 is 22.0 Å². The van der Waals surface area contributed by atoms with E-state index in [1.54, 1.807) is 37.4 Å². The minimum absolute atomic E-state index is 0.00283. The number of sulfonamides is 1. The van der Waals surface area contributed by atoms with Gasteiger partial charge in [0, 0.05) is 27.8 Å². The number of para-hydroxylation sites is 1. The molecule has 1 aromatic heterocycles. The molecule has 0 aliphatic rings. The third kappa shape index (κ3) is 6.76. The van der Waals surface area contributed by atoms with Gasteiger partial charge in [0.1, 0.15) is 6.04 Å². The molecule has 4 aromatic rings. The molecule has 1 unspecified atom stereocenters. The van der Waals surface area contributed by atoms with Crippen molar-refractivity contribution in [3.05, 3.63) is 95.1 Å². The molecule has 3 aromatic carbocycles. The van der Waals surface area contributed by atoms with Crippen molar-refractivity contribution < 1.29 is 22.7 Å². The number of benzene rings is 3. The zero-order chi connectivity index (χ0) is 26.4. The first-order chi connectivity index (χ1) is 17.7. The Kier molecular flexibility index (Phi) is 8.27. The van der Waals surface area contributed by atoms with Crippen LogP contribution in [-0.4, -0.2) is 37.9 Å². The smallest absolute Gasteiger partial charge is 0.310 e. The Hall–Kier alpha value is -3.66. The normalized spacial score (nSPS) is 12.3. The van der Waals surface area contributed by atoms with Crippen molar-refractivity contribution in [1.82, 2.24) is 9.71 Å². The molecule has 1 heterocycles. The number of hydrogen-bond acceptors (Lipinski definition) is 5. The van der Waals surface area contributed by atoms with Crippen LogP contribution in [-0.2, 0) is 37.2 Å². The first-order valence-electron chi connectivity index (χ1n) is 11.6. The molecule has 37 heavy (non-hydrogen) atoms. The van der Waals surface area contributed by atoms with Crippen LogP contribution in [0.2, 0.25) is 5.02 Å². The van der Waals surface area contributed by atoms with Crippen molar-refractivity contribution in [2.45, 2.75) is 30.7 Å². The van der Waals surface area contributed by atoms with Crippen molar-refractivity contribution in [3.8, 4) is 0 Å². The summed E-state index contributed by atoms with van der Waals surface area (Å²) < 4.78 is 33.7. The van der Waals surface area contributed by atoms with Gasteiger partial charge in [0.25, 0.3) is 0 Å². The highest BCUT2D eigenvalue weighted by Gasteiger charge is 2.27. The number of rotatable bonds is 10. The molecule has 10 heteroatoms. The Morgan fingerprint density at radius 2 is 1.70 bits per heavy atom. The van der Waals surface area contributed by atoms with Crippen molar-refractivity contribution in [2.24, 2.45) is 0 Å². The van der Waals surface area contributed by atoms with Gasteiger partial charge in [-0.25, -0.2) is 8.42 Å². The average Bonchev–Trinajstić information content (AvgIpc) is 3.28. The number of H-pyrrole nitrogens is 1. The molecule has 1 atom stereocenters. The molecule has 0 aliphatic heterocycles. The van der Waals surface area contributed by atoms with E-state index in [0.29, 0.717) is 17.3 Å². The summed E-state index contributed by atoms with van der Waals surface area (Å²) in [4.78, 5) is 28.2. The number of hydrogen-bond donors (Lipinski definition) is 3. The van der Waals surface area contributed by atoms with Crippen molar-refractivity contribution in [1.29, 1.82) is 0 Å². The number of nitrogens with one attached hydrogen (secondary N) is 3. The maximum absolute atomic E-state index is 13.3. The lowest BCUT2D eigenvalue weighted by molar-refractivity contribution is -0.142. The Morgan fingerprint density at radius 1 is 1.00 bits per heavy atom. The van der Waals surface area contributed by atoms with E-state index in [2.05, 4.69) is 15.0 Å². The quantitative estimate of drug-likeness (QED) is 0.257. The third-order valence-corrected chi connectivity index (χ3v) is 7.45. The molecule has 0 radical (unpaired) electrons. The lowest BCUT2D eigenvalue weighted by Crippen LogP contribution is -2.45. The number of esters is 1. The maximum Gasteiger partial charge on any atom is 0.310 e. The summed E-state index contributed by atoms with van der Waals surface area (Å²) in [6.07, 6.45) is 2.00. The minimum Gasteiger partial charge on any atom is -0.466 e. The van der Waals surface area contributed by atoms with Crippen LogP contribution in [0.3, 0.4) is 0 Å². The summed E-state index contributed by atoms with van der Waals surface area (Å²) in [5, 5.41) is 4.08. The minimum atomic E-state index is -4.03. The van der Waals surface area contributed by atoms with Gasteiger partial charge >= 0.3 is 5.97 Å².